The molecule has 3 aromatic carbocycles. The topological polar surface area (TPSA) is 58.4 Å². The molecule has 0 radical (unpaired) electrons. The van der Waals surface area contributed by atoms with Crippen molar-refractivity contribution in [3.63, 3.8) is 0 Å². The van der Waals surface area contributed by atoms with Gasteiger partial charge < -0.3 is 14.4 Å². The van der Waals surface area contributed by atoms with Crippen LogP contribution in [0.2, 0.25) is 0 Å². The van der Waals surface area contributed by atoms with Crippen LogP contribution in [0, 0.1) is 5.82 Å². The number of benzene rings is 3. The fourth-order valence-electron chi connectivity index (χ4n) is 6.14. The minimum Gasteiger partial charge on any atom is -0.334 e. The lowest BCUT2D eigenvalue weighted by molar-refractivity contribution is -0.135. The first kappa shape index (κ1) is 25.3. The first-order chi connectivity index (χ1) is 19.1. The van der Waals surface area contributed by atoms with Gasteiger partial charge in [-0.1, -0.05) is 61.7 Å². The van der Waals surface area contributed by atoms with Gasteiger partial charge in [-0.3, -0.25) is 9.59 Å². The maximum atomic E-state index is 14.1. The Morgan fingerprint density at radius 1 is 0.923 bits per heavy atom. The van der Waals surface area contributed by atoms with Crippen LogP contribution in [0.4, 0.5) is 10.1 Å². The monoisotopic (exact) mass is 524 g/mol. The Morgan fingerprint density at radius 2 is 1.64 bits per heavy atom. The number of hydrogen-bond acceptors (Lipinski definition) is 3. The number of imidazole rings is 1. The molecular weight excluding hydrogens is 491 g/mol. The number of aromatic nitrogens is 2. The van der Waals surface area contributed by atoms with Crippen LogP contribution in [0.1, 0.15) is 55.8 Å². The summed E-state index contributed by atoms with van der Waals surface area (Å²) < 4.78 is 15.5. The van der Waals surface area contributed by atoms with Gasteiger partial charge in [0.2, 0.25) is 11.8 Å². The predicted octanol–water partition coefficient (Wildman–Crippen LogP) is 6.06. The van der Waals surface area contributed by atoms with Crippen molar-refractivity contribution in [1.82, 2.24) is 14.5 Å². The summed E-state index contributed by atoms with van der Waals surface area (Å²) >= 11 is 0. The molecule has 0 bridgehead atoms. The molecule has 1 aliphatic heterocycles. The molecule has 6 rings (SSSR count). The maximum absolute atomic E-state index is 14.1. The van der Waals surface area contributed by atoms with Crippen LogP contribution in [0.3, 0.4) is 0 Å². The lowest BCUT2D eigenvalue weighted by atomic mass is 9.93. The van der Waals surface area contributed by atoms with Crippen molar-refractivity contribution in [1.29, 1.82) is 0 Å². The van der Waals surface area contributed by atoms with E-state index in [1.54, 1.807) is 17.0 Å². The number of amides is 2. The summed E-state index contributed by atoms with van der Waals surface area (Å²) in [7, 11) is 0. The van der Waals surface area contributed by atoms with Crippen molar-refractivity contribution >= 4 is 28.5 Å². The lowest BCUT2D eigenvalue weighted by Crippen LogP contribution is -2.42. The average Bonchev–Trinajstić information content (AvgIpc) is 3.53. The van der Waals surface area contributed by atoms with Crippen molar-refractivity contribution in [3.8, 4) is 0 Å². The number of fused-ring (bicyclic) bond motifs is 1. The molecule has 1 aromatic heterocycles. The lowest BCUT2D eigenvalue weighted by Gasteiger charge is -2.35. The Hall–Kier alpha value is -4.00. The van der Waals surface area contributed by atoms with Crippen LogP contribution in [0.25, 0.3) is 11.0 Å². The van der Waals surface area contributed by atoms with E-state index in [1.165, 1.54) is 18.6 Å². The standard InChI is InChI=1S/C32H33FN4O2/c33-25-15-17-27(18-16-25)36-21-24(19-30(36)38)32-34-28-13-7-8-14-29(28)37(32)22-31(39)35(26-11-5-2-6-12-26)20-23-9-3-1-4-10-23/h1,3-4,7-10,13-18,24,26H,2,5-6,11-12,19-22H2. The molecule has 1 aliphatic carbocycles. The molecule has 2 heterocycles. The van der Waals surface area contributed by atoms with Gasteiger partial charge in [0.1, 0.15) is 18.2 Å². The van der Waals surface area contributed by atoms with Crippen molar-refractivity contribution in [2.24, 2.45) is 0 Å². The highest BCUT2D eigenvalue weighted by atomic mass is 19.1. The number of carbonyl (C=O) groups is 2. The van der Waals surface area contributed by atoms with Gasteiger partial charge in [0.05, 0.1) is 11.0 Å². The second-order valence-corrected chi connectivity index (χ2v) is 10.7. The molecule has 1 unspecified atom stereocenters. The number of carbonyl (C=O) groups excluding carboxylic acids is 2. The Balaban J connectivity index is 1.31. The van der Waals surface area contributed by atoms with Crippen molar-refractivity contribution < 1.29 is 14.0 Å². The van der Waals surface area contributed by atoms with E-state index in [-0.39, 0.29) is 36.1 Å². The molecule has 7 heteroatoms. The van der Waals surface area contributed by atoms with Gasteiger partial charge in [-0.2, -0.15) is 0 Å². The zero-order valence-electron chi connectivity index (χ0n) is 22.0. The van der Waals surface area contributed by atoms with Crippen LogP contribution in [0.15, 0.2) is 78.9 Å². The highest BCUT2D eigenvalue weighted by Crippen LogP contribution is 2.34. The van der Waals surface area contributed by atoms with Crippen LogP contribution < -0.4 is 4.90 Å². The third-order valence-electron chi connectivity index (χ3n) is 8.14. The summed E-state index contributed by atoms with van der Waals surface area (Å²) in [6, 6.07) is 24.3. The Morgan fingerprint density at radius 3 is 2.41 bits per heavy atom. The molecule has 4 aromatic rings. The summed E-state index contributed by atoms with van der Waals surface area (Å²) in [5.74, 6) is 0.311. The fraction of sp³-hybridized carbons (Fsp3) is 0.344. The predicted molar refractivity (Wildman–Crippen MR) is 150 cm³/mol. The number of anilines is 1. The first-order valence-electron chi connectivity index (χ1n) is 13.9. The van der Waals surface area contributed by atoms with E-state index >= 15 is 0 Å². The number of hydrogen-bond donors (Lipinski definition) is 0. The second kappa shape index (κ2) is 11.0. The summed E-state index contributed by atoms with van der Waals surface area (Å²) in [5, 5.41) is 0. The highest BCUT2D eigenvalue weighted by molar-refractivity contribution is 5.96. The van der Waals surface area contributed by atoms with E-state index in [0.29, 0.717) is 25.2 Å². The molecule has 39 heavy (non-hydrogen) atoms. The van der Waals surface area contributed by atoms with E-state index in [0.717, 1.165) is 48.1 Å². The van der Waals surface area contributed by atoms with Gasteiger partial charge in [0.15, 0.2) is 0 Å². The molecule has 0 spiro atoms. The molecule has 6 nitrogen and oxygen atoms in total. The number of nitrogens with zero attached hydrogens (tertiary/aromatic N) is 4. The maximum Gasteiger partial charge on any atom is 0.243 e. The van der Waals surface area contributed by atoms with Crippen LogP contribution in [-0.2, 0) is 22.7 Å². The Bertz CT molecular complexity index is 1460. The van der Waals surface area contributed by atoms with Gasteiger partial charge in [-0.05, 0) is 54.8 Å². The fourth-order valence-corrected chi connectivity index (χ4v) is 6.14. The molecule has 1 atom stereocenters. The molecule has 1 saturated carbocycles. The molecule has 0 N–H and O–H groups in total. The zero-order valence-corrected chi connectivity index (χ0v) is 22.0. The van der Waals surface area contributed by atoms with E-state index in [2.05, 4.69) is 17.0 Å². The van der Waals surface area contributed by atoms with E-state index in [4.69, 9.17) is 4.98 Å². The van der Waals surface area contributed by atoms with E-state index < -0.39 is 0 Å². The van der Waals surface area contributed by atoms with E-state index in [1.807, 2.05) is 47.0 Å². The van der Waals surface area contributed by atoms with Gasteiger partial charge in [-0.25, -0.2) is 9.37 Å². The number of halogens is 1. The van der Waals surface area contributed by atoms with Gasteiger partial charge in [0.25, 0.3) is 0 Å². The zero-order chi connectivity index (χ0) is 26.8. The van der Waals surface area contributed by atoms with Gasteiger partial charge in [0, 0.05) is 37.2 Å². The SMILES string of the molecule is O=C1CC(c2nc3ccccc3n2CC(=O)N(Cc2ccccc2)C2CCCCC2)CN1c1ccc(F)cc1. The minimum atomic E-state index is -0.333. The third kappa shape index (κ3) is 5.31. The number of rotatable bonds is 7. The average molecular weight is 525 g/mol. The van der Waals surface area contributed by atoms with Crippen molar-refractivity contribution in [2.45, 2.75) is 63.6 Å². The molecule has 2 fully saturated rings. The van der Waals surface area contributed by atoms with Crippen LogP contribution in [-0.4, -0.2) is 38.9 Å². The first-order valence-corrected chi connectivity index (χ1v) is 13.9. The van der Waals surface area contributed by atoms with Crippen molar-refractivity contribution in [2.75, 3.05) is 11.4 Å². The van der Waals surface area contributed by atoms with Crippen LogP contribution >= 0.6 is 0 Å². The molecule has 2 amide bonds. The molecule has 2 aliphatic rings. The van der Waals surface area contributed by atoms with Crippen LogP contribution in [0.5, 0.6) is 0 Å². The molecule has 200 valence electrons. The minimum absolute atomic E-state index is 0.0237. The summed E-state index contributed by atoms with van der Waals surface area (Å²) in [4.78, 5) is 35.8. The van der Waals surface area contributed by atoms with Crippen molar-refractivity contribution in [3.05, 3.63) is 96.1 Å². The summed E-state index contributed by atoms with van der Waals surface area (Å²) in [6.07, 6.45) is 5.86. The quantitative estimate of drug-likeness (QED) is 0.295. The second-order valence-electron chi connectivity index (χ2n) is 10.7. The number of para-hydroxylation sites is 2. The third-order valence-corrected chi connectivity index (χ3v) is 8.14. The Kier molecular flexibility index (Phi) is 7.14. The van der Waals surface area contributed by atoms with Gasteiger partial charge >= 0.3 is 0 Å². The summed E-state index contributed by atoms with van der Waals surface area (Å²) in [5.41, 5.74) is 3.52. The largest absolute Gasteiger partial charge is 0.334 e. The smallest absolute Gasteiger partial charge is 0.243 e. The van der Waals surface area contributed by atoms with E-state index in [9.17, 15) is 14.0 Å². The highest BCUT2D eigenvalue weighted by Gasteiger charge is 2.36. The normalized spacial score (nSPS) is 18.1. The molecular formula is C32H33FN4O2. The van der Waals surface area contributed by atoms with Gasteiger partial charge in [-0.15, -0.1) is 0 Å². The summed E-state index contributed by atoms with van der Waals surface area (Å²) in [6.45, 7) is 1.21. The molecule has 1 saturated heterocycles. The Labute approximate surface area is 228 Å².